The van der Waals surface area contributed by atoms with Gasteiger partial charge in [-0.15, -0.1) is 11.3 Å². The number of anilines is 2. The number of rotatable bonds is 6. The Balaban J connectivity index is 2.30. The topological polar surface area (TPSA) is 101 Å². The van der Waals surface area contributed by atoms with Crippen LogP contribution in [0.2, 0.25) is 0 Å². The predicted octanol–water partition coefficient (Wildman–Crippen LogP) is 3.94. The van der Waals surface area contributed by atoms with E-state index in [2.05, 4.69) is 10.4 Å². The van der Waals surface area contributed by atoms with E-state index >= 15 is 0 Å². The molecule has 2 N–H and O–H groups in total. The Morgan fingerprint density at radius 3 is 2.46 bits per heavy atom. The van der Waals surface area contributed by atoms with Crippen molar-refractivity contribution in [2.45, 2.75) is 27.3 Å². The van der Waals surface area contributed by atoms with Gasteiger partial charge in [-0.2, -0.15) is 5.10 Å². The first-order valence-electron chi connectivity index (χ1n) is 8.65. The predicted molar refractivity (Wildman–Crippen MR) is 109 cm³/mol. The van der Waals surface area contributed by atoms with Crippen molar-refractivity contribution >= 4 is 34.5 Å². The summed E-state index contributed by atoms with van der Waals surface area (Å²) >= 11 is 1.26. The van der Waals surface area contributed by atoms with E-state index in [-0.39, 0.29) is 28.3 Å². The lowest BCUT2D eigenvalue weighted by Crippen LogP contribution is -2.28. The minimum Gasteiger partial charge on any atom is -0.478 e. The van der Waals surface area contributed by atoms with Gasteiger partial charge in [-0.05, 0) is 20.8 Å². The van der Waals surface area contributed by atoms with Crippen LogP contribution in [0.4, 0.5) is 11.4 Å². The highest BCUT2D eigenvalue weighted by molar-refractivity contribution is 7.10. The minimum atomic E-state index is -1.10. The molecule has 3 aromatic rings. The Hall–Kier alpha value is -3.26. The lowest BCUT2D eigenvalue weighted by molar-refractivity contribution is 0.0697. The van der Waals surface area contributed by atoms with Crippen molar-refractivity contribution in [3.63, 3.8) is 0 Å². The van der Waals surface area contributed by atoms with Gasteiger partial charge in [-0.3, -0.25) is 9.59 Å². The number of aromatic nitrogens is 2. The molecule has 0 saturated carbocycles. The van der Waals surface area contributed by atoms with Crippen LogP contribution in [0.25, 0.3) is 11.3 Å². The van der Waals surface area contributed by atoms with Crippen LogP contribution < -0.4 is 10.9 Å². The van der Waals surface area contributed by atoms with Gasteiger partial charge >= 0.3 is 5.97 Å². The summed E-state index contributed by atoms with van der Waals surface area (Å²) in [6.07, 6.45) is 0. The highest BCUT2D eigenvalue weighted by Crippen LogP contribution is 2.32. The van der Waals surface area contributed by atoms with Crippen molar-refractivity contribution in [3.05, 3.63) is 62.1 Å². The summed E-state index contributed by atoms with van der Waals surface area (Å²) in [6, 6.07) is 9.10. The monoisotopic (exact) mass is 397 g/mol. The Kier molecular flexibility index (Phi) is 5.41. The fourth-order valence-electron chi connectivity index (χ4n) is 2.99. The van der Waals surface area contributed by atoms with E-state index in [4.69, 9.17) is 0 Å². The summed E-state index contributed by atoms with van der Waals surface area (Å²) in [5.74, 6) is -1.43. The van der Waals surface area contributed by atoms with Gasteiger partial charge in [0.05, 0.1) is 16.8 Å². The molecule has 0 aliphatic rings. The largest absolute Gasteiger partial charge is 0.478 e. The molecule has 0 spiro atoms. The smallest absolute Gasteiger partial charge is 0.338 e. The number of ketones is 1. The molecule has 0 fully saturated rings. The lowest BCUT2D eigenvalue weighted by atomic mass is 10.0. The molecule has 0 saturated heterocycles. The number of Topliss-reactive ketones (excluding diaryl/α,β-unsaturated/α-hetero) is 1. The van der Waals surface area contributed by atoms with Crippen molar-refractivity contribution in [3.8, 4) is 11.3 Å². The zero-order valence-electron chi connectivity index (χ0n) is 15.6. The number of nitrogens with zero attached hydrogens (tertiary/aromatic N) is 2. The Morgan fingerprint density at radius 2 is 1.89 bits per heavy atom. The number of benzene rings is 1. The molecular formula is C20H19N3O4S. The second kappa shape index (κ2) is 7.77. The molecule has 7 nitrogen and oxygen atoms in total. The second-order valence-electron chi connectivity index (χ2n) is 6.15. The fraction of sp³-hybridized carbons (Fsp3) is 0.200. The normalized spacial score (nSPS) is 10.7. The molecule has 28 heavy (non-hydrogen) atoms. The van der Waals surface area contributed by atoms with Crippen LogP contribution in [0.3, 0.4) is 0 Å². The summed E-state index contributed by atoms with van der Waals surface area (Å²) in [4.78, 5) is 37.6. The van der Waals surface area contributed by atoms with Crippen molar-refractivity contribution in [2.24, 2.45) is 0 Å². The average molecular weight is 397 g/mol. The molecule has 0 aliphatic carbocycles. The molecule has 1 aromatic carbocycles. The Morgan fingerprint density at radius 1 is 1.21 bits per heavy atom. The summed E-state index contributed by atoms with van der Waals surface area (Å²) in [7, 11) is 0. The number of hydrogen-bond donors (Lipinski definition) is 2. The molecule has 2 aromatic heterocycles. The number of carbonyl (C=O) groups excluding carboxylic acids is 1. The van der Waals surface area contributed by atoms with Crippen molar-refractivity contribution in [2.75, 3.05) is 5.32 Å². The number of carbonyl (C=O) groups is 2. The molecule has 8 heteroatoms. The van der Waals surface area contributed by atoms with Crippen molar-refractivity contribution < 1.29 is 14.7 Å². The average Bonchev–Trinajstić information content (AvgIpc) is 3.04. The highest BCUT2D eigenvalue weighted by Gasteiger charge is 2.24. The molecule has 0 amide bonds. The molecule has 0 bridgehead atoms. The molecule has 0 aliphatic heterocycles. The second-order valence-corrected chi connectivity index (χ2v) is 7.24. The summed E-state index contributed by atoms with van der Waals surface area (Å²) in [6.45, 7) is 5.14. The van der Waals surface area contributed by atoms with Crippen LogP contribution in [0.5, 0.6) is 0 Å². The maximum Gasteiger partial charge on any atom is 0.338 e. The number of aromatic carboxylic acids is 1. The molecule has 144 valence electrons. The van der Waals surface area contributed by atoms with Crippen molar-refractivity contribution in [1.82, 2.24) is 9.78 Å². The summed E-state index contributed by atoms with van der Waals surface area (Å²) < 4.78 is 1.26. The van der Waals surface area contributed by atoms with E-state index < -0.39 is 11.5 Å². The number of aryl methyl sites for hydroxylation is 2. The van der Waals surface area contributed by atoms with E-state index in [1.54, 1.807) is 31.4 Å². The standard InChI is InChI=1S/C20H19N3O4S/c1-4-23-19(25)18(21-14-10-28-12(3)16(14)20(26)27)15(11(2)24)17(22-23)13-8-6-5-7-9-13/h5-10,21H,4H2,1-3H3,(H,26,27). The quantitative estimate of drug-likeness (QED) is 0.611. The van der Waals surface area contributed by atoms with Gasteiger partial charge in [0.1, 0.15) is 11.4 Å². The number of carboxylic acid groups (broad SMARTS) is 1. The van der Waals surface area contributed by atoms with Gasteiger partial charge in [-0.1, -0.05) is 30.3 Å². The first-order valence-corrected chi connectivity index (χ1v) is 9.53. The zero-order chi connectivity index (χ0) is 20.4. The third-order valence-electron chi connectivity index (χ3n) is 4.30. The van der Waals surface area contributed by atoms with Crippen LogP contribution in [0.1, 0.15) is 39.4 Å². The van der Waals surface area contributed by atoms with Crippen LogP contribution in [-0.2, 0) is 6.54 Å². The molecule has 0 radical (unpaired) electrons. The maximum atomic E-state index is 12.9. The number of thiophene rings is 1. The Bertz CT molecular complexity index is 1120. The lowest BCUT2D eigenvalue weighted by Gasteiger charge is -2.16. The third-order valence-corrected chi connectivity index (χ3v) is 5.21. The van der Waals surface area contributed by atoms with Gasteiger partial charge in [0.15, 0.2) is 5.78 Å². The highest BCUT2D eigenvalue weighted by atomic mass is 32.1. The van der Waals surface area contributed by atoms with E-state index in [0.717, 1.165) is 0 Å². The van der Waals surface area contributed by atoms with Gasteiger partial charge in [0, 0.05) is 22.4 Å². The maximum absolute atomic E-state index is 12.9. The van der Waals surface area contributed by atoms with Gasteiger partial charge in [0.25, 0.3) is 5.56 Å². The third kappa shape index (κ3) is 3.46. The number of carboxylic acids is 1. The molecule has 0 atom stereocenters. The van der Waals surface area contributed by atoms with Crippen LogP contribution in [0, 0.1) is 6.92 Å². The summed E-state index contributed by atoms with van der Waals surface area (Å²) in [5, 5.41) is 18.4. The van der Waals surface area contributed by atoms with Crippen LogP contribution >= 0.6 is 11.3 Å². The van der Waals surface area contributed by atoms with Crippen LogP contribution in [0.15, 0.2) is 40.5 Å². The minimum absolute atomic E-state index is 0.0310. The van der Waals surface area contributed by atoms with Gasteiger partial charge in [0.2, 0.25) is 0 Å². The zero-order valence-corrected chi connectivity index (χ0v) is 16.5. The Labute approximate surface area is 165 Å². The summed E-state index contributed by atoms with van der Waals surface area (Å²) in [5.41, 5.74) is 1.12. The van der Waals surface area contributed by atoms with Gasteiger partial charge in [-0.25, -0.2) is 9.48 Å². The number of hydrogen-bond acceptors (Lipinski definition) is 6. The molecule has 2 heterocycles. The SMILES string of the molecule is CCn1nc(-c2ccccc2)c(C(C)=O)c(Nc2csc(C)c2C(=O)O)c1=O. The number of nitrogens with one attached hydrogen (secondary N) is 1. The van der Waals surface area contributed by atoms with E-state index in [1.165, 1.54) is 22.9 Å². The van der Waals surface area contributed by atoms with E-state index in [9.17, 15) is 19.5 Å². The van der Waals surface area contributed by atoms with E-state index in [0.29, 0.717) is 22.7 Å². The molecular weight excluding hydrogens is 378 g/mol. The molecule has 3 rings (SSSR count). The van der Waals surface area contributed by atoms with E-state index in [1.807, 2.05) is 18.2 Å². The van der Waals surface area contributed by atoms with Gasteiger partial charge < -0.3 is 10.4 Å². The first-order chi connectivity index (χ1) is 13.3. The molecule has 0 unspecified atom stereocenters. The fourth-order valence-corrected chi connectivity index (χ4v) is 3.78. The van der Waals surface area contributed by atoms with Crippen molar-refractivity contribution in [1.29, 1.82) is 0 Å². The van der Waals surface area contributed by atoms with Crippen LogP contribution in [-0.4, -0.2) is 26.6 Å². The first kappa shape index (κ1) is 19.5.